The highest BCUT2D eigenvalue weighted by atomic mass is 32.2. The molecule has 0 radical (unpaired) electrons. The molecule has 0 bridgehead atoms. The number of benzene rings is 1. The molecule has 7 heteroatoms. The predicted molar refractivity (Wildman–Crippen MR) is 74.4 cm³/mol. The molecule has 2 saturated heterocycles. The molecule has 1 aromatic rings. The lowest BCUT2D eigenvalue weighted by atomic mass is 9.86. The lowest BCUT2D eigenvalue weighted by Crippen LogP contribution is -2.55. The van der Waals surface area contributed by atoms with Crippen LogP contribution in [0.1, 0.15) is 19.3 Å². The molecule has 0 aromatic heterocycles. The van der Waals surface area contributed by atoms with Gasteiger partial charge < -0.3 is 5.32 Å². The highest BCUT2D eigenvalue weighted by molar-refractivity contribution is 7.89. The molecule has 0 spiro atoms. The average molecular weight is 312 g/mol. The summed E-state index contributed by atoms with van der Waals surface area (Å²) < 4.78 is 40.2. The molecule has 1 aromatic carbocycles. The lowest BCUT2D eigenvalue weighted by Gasteiger charge is -2.40. The van der Waals surface area contributed by atoms with Gasteiger partial charge in [0.2, 0.25) is 15.9 Å². The largest absolute Gasteiger partial charge is 0.353 e. The summed E-state index contributed by atoms with van der Waals surface area (Å²) in [6.45, 7) is 0.639. The zero-order valence-electron chi connectivity index (χ0n) is 11.5. The maximum atomic E-state index is 13.8. The number of nitrogens with zero attached hydrogens (tertiary/aromatic N) is 1. The summed E-state index contributed by atoms with van der Waals surface area (Å²) in [5.74, 6) is -0.587. The van der Waals surface area contributed by atoms with Crippen molar-refractivity contribution in [2.24, 2.45) is 5.92 Å². The van der Waals surface area contributed by atoms with E-state index in [-0.39, 0.29) is 22.8 Å². The van der Waals surface area contributed by atoms with Crippen LogP contribution in [0.3, 0.4) is 0 Å². The van der Waals surface area contributed by atoms with E-state index in [2.05, 4.69) is 5.32 Å². The molecule has 114 valence electrons. The molecule has 2 aliphatic heterocycles. The standard InChI is InChI=1S/C14H17FN2O3S/c15-11-3-1-2-4-13(11)21(19,20)17-8-7-12-10(9-17)5-6-14(18)16-12/h1-4,10,12H,5-9H2,(H,16,18). The van der Waals surface area contributed by atoms with Crippen molar-refractivity contribution in [3.63, 3.8) is 0 Å². The average Bonchev–Trinajstić information content (AvgIpc) is 2.47. The van der Waals surface area contributed by atoms with Crippen molar-refractivity contribution in [3.8, 4) is 0 Å². The predicted octanol–water partition coefficient (Wildman–Crippen LogP) is 1.11. The van der Waals surface area contributed by atoms with Gasteiger partial charge in [-0.3, -0.25) is 4.79 Å². The minimum absolute atomic E-state index is 0.0293. The molecule has 2 fully saturated rings. The molecule has 2 aliphatic rings. The Labute approximate surface area is 123 Å². The van der Waals surface area contributed by atoms with Gasteiger partial charge in [-0.05, 0) is 30.9 Å². The van der Waals surface area contributed by atoms with Crippen LogP contribution in [0.2, 0.25) is 0 Å². The number of amides is 1. The number of hydrogen-bond acceptors (Lipinski definition) is 3. The summed E-state index contributed by atoms with van der Waals surface area (Å²) in [5.41, 5.74) is 0. The van der Waals surface area contributed by atoms with Gasteiger partial charge in [0.05, 0.1) is 0 Å². The van der Waals surface area contributed by atoms with Crippen LogP contribution in [0.25, 0.3) is 0 Å². The maximum Gasteiger partial charge on any atom is 0.245 e. The second-order valence-corrected chi connectivity index (χ2v) is 7.46. The zero-order chi connectivity index (χ0) is 15.0. The Morgan fingerprint density at radius 2 is 2.00 bits per heavy atom. The van der Waals surface area contributed by atoms with E-state index in [1.54, 1.807) is 0 Å². The Morgan fingerprint density at radius 1 is 1.24 bits per heavy atom. The van der Waals surface area contributed by atoms with Crippen LogP contribution in [0, 0.1) is 11.7 Å². The Morgan fingerprint density at radius 3 is 2.76 bits per heavy atom. The normalized spacial score (nSPS) is 27.0. The van der Waals surface area contributed by atoms with Crippen LogP contribution in [0.15, 0.2) is 29.2 Å². The Kier molecular flexibility index (Phi) is 3.71. The first-order valence-corrected chi connectivity index (χ1v) is 8.46. The molecular formula is C14H17FN2O3S. The molecule has 0 saturated carbocycles. The van der Waals surface area contributed by atoms with Gasteiger partial charge in [0.15, 0.2) is 0 Å². The highest BCUT2D eigenvalue weighted by Gasteiger charge is 2.38. The van der Waals surface area contributed by atoms with Gasteiger partial charge in [-0.25, -0.2) is 12.8 Å². The maximum absolute atomic E-state index is 13.8. The number of carbonyl (C=O) groups is 1. The minimum atomic E-state index is -3.81. The number of halogens is 1. The van der Waals surface area contributed by atoms with Gasteiger partial charge >= 0.3 is 0 Å². The van der Waals surface area contributed by atoms with Crippen molar-refractivity contribution in [2.75, 3.05) is 13.1 Å². The topological polar surface area (TPSA) is 66.5 Å². The number of hydrogen-bond donors (Lipinski definition) is 1. The molecule has 1 amide bonds. The molecule has 2 heterocycles. The van der Waals surface area contributed by atoms with Gasteiger partial charge in [0, 0.05) is 25.6 Å². The van der Waals surface area contributed by atoms with Gasteiger partial charge in [-0.2, -0.15) is 4.31 Å². The van der Waals surface area contributed by atoms with Gasteiger partial charge in [0.25, 0.3) is 0 Å². The van der Waals surface area contributed by atoms with Gasteiger partial charge in [0.1, 0.15) is 10.7 Å². The number of fused-ring (bicyclic) bond motifs is 1. The molecule has 2 unspecified atom stereocenters. The van der Waals surface area contributed by atoms with Crippen LogP contribution in [0.4, 0.5) is 4.39 Å². The number of sulfonamides is 1. The van der Waals surface area contributed by atoms with E-state index in [0.29, 0.717) is 32.4 Å². The van der Waals surface area contributed by atoms with Crippen molar-refractivity contribution in [1.82, 2.24) is 9.62 Å². The van der Waals surface area contributed by atoms with Crippen LogP contribution in [-0.4, -0.2) is 37.8 Å². The van der Waals surface area contributed by atoms with E-state index >= 15 is 0 Å². The van der Waals surface area contributed by atoms with Crippen molar-refractivity contribution in [1.29, 1.82) is 0 Å². The summed E-state index contributed by atoms with van der Waals surface area (Å²) in [5, 5.41) is 2.91. The fourth-order valence-electron chi connectivity index (χ4n) is 3.09. The van der Waals surface area contributed by atoms with Crippen LogP contribution < -0.4 is 5.32 Å². The third-order valence-corrected chi connectivity index (χ3v) is 6.14. The molecule has 2 atom stereocenters. The minimum Gasteiger partial charge on any atom is -0.353 e. The number of piperidine rings is 2. The quantitative estimate of drug-likeness (QED) is 0.890. The summed E-state index contributed by atoms with van der Waals surface area (Å²) >= 11 is 0. The number of rotatable bonds is 2. The fraction of sp³-hybridized carbons (Fsp3) is 0.500. The Hall–Kier alpha value is -1.47. The van der Waals surface area contributed by atoms with Crippen LogP contribution in [-0.2, 0) is 14.8 Å². The first-order chi connectivity index (χ1) is 9.98. The summed E-state index contributed by atoms with van der Waals surface area (Å²) in [6.07, 6.45) is 1.68. The second kappa shape index (κ2) is 5.38. The molecule has 21 heavy (non-hydrogen) atoms. The van der Waals surface area contributed by atoms with Crippen molar-refractivity contribution >= 4 is 15.9 Å². The second-order valence-electron chi connectivity index (χ2n) is 5.55. The van der Waals surface area contributed by atoms with Crippen molar-refractivity contribution in [2.45, 2.75) is 30.2 Å². The monoisotopic (exact) mass is 312 g/mol. The van der Waals surface area contributed by atoms with E-state index in [1.807, 2.05) is 0 Å². The Bertz CT molecular complexity index is 662. The zero-order valence-corrected chi connectivity index (χ0v) is 12.3. The summed E-state index contributed by atoms with van der Waals surface area (Å²) in [6, 6.07) is 5.47. The number of carbonyl (C=O) groups excluding carboxylic acids is 1. The van der Waals surface area contributed by atoms with E-state index in [9.17, 15) is 17.6 Å². The van der Waals surface area contributed by atoms with Gasteiger partial charge in [-0.15, -0.1) is 0 Å². The first kappa shape index (κ1) is 14.5. The fourth-order valence-corrected chi connectivity index (χ4v) is 4.66. The first-order valence-electron chi connectivity index (χ1n) is 7.02. The summed E-state index contributed by atoms with van der Waals surface area (Å²) in [7, 11) is -3.81. The van der Waals surface area contributed by atoms with E-state index in [1.165, 1.54) is 22.5 Å². The highest BCUT2D eigenvalue weighted by Crippen LogP contribution is 2.29. The third kappa shape index (κ3) is 2.67. The molecule has 0 aliphatic carbocycles. The van der Waals surface area contributed by atoms with Crippen molar-refractivity contribution in [3.05, 3.63) is 30.1 Å². The Balaban J connectivity index is 1.82. The van der Waals surface area contributed by atoms with Crippen molar-refractivity contribution < 1.29 is 17.6 Å². The van der Waals surface area contributed by atoms with E-state index < -0.39 is 15.8 Å². The van der Waals surface area contributed by atoms with Crippen LogP contribution in [0.5, 0.6) is 0 Å². The smallest absolute Gasteiger partial charge is 0.245 e. The molecule has 1 N–H and O–H groups in total. The number of nitrogens with one attached hydrogen (secondary N) is 1. The lowest BCUT2D eigenvalue weighted by molar-refractivity contribution is -0.124. The van der Waals surface area contributed by atoms with Gasteiger partial charge in [-0.1, -0.05) is 12.1 Å². The molecule has 3 rings (SSSR count). The SMILES string of the molecule is O=C1CCC2CN(S(=O)(=O)c3ccccc3F)CCC2N1. The van der Waals surface area contributed by atoms with E-state index in [0.717, 1.165) is 6.07 Å². The van der Waals surface area contributed by atoms with Crippen LogP contribution >= 0.6 is 0 Å². The third-order valence-electron chi connectivity index (χ3n) is 4.24. The molecular weight excluding hydrogens is 295 g/mol. The molecule has 5 nitrogen and oxygen atoms in total. The summed E-state index contributed by atoms with van der Waals surface area (Å²) in [4.78, 5) is 11.1. The van der Waals surface area contributed by atoms with E-state index in [4.69, 9.17) is 0 Å².